The van der Waals surface area contributed by atoms with Crippen LogP contribution in [-0.4, -0.2) is 74.2 Å². The summed E-state index contributed by atoms with van der Waals surface area (Å²) in [6, 6.07) is 18.4. The lowest BCUT2D eigenvalue weighted by Gasteiger charge is -2.47. The van der Waals surface area contributed by atoms with E-state index in [-0.39, 0.29) is 18.4 Å². The van der Waals surface area contributed by atoms with Crippen molar-refractivity contribution in [3.05, 3.63) is 83.0 Å². The van der Waals surface area contributed by atoms with E-state index in [1.165, 1.54) is 0 Å². The molecule has 1 saturated heterocycles. The van der Waals surface area contributed by atoms with Crippen LogP contribution in [0.1, 0.15) is 28.4 Å². The number of ether oxygens (including phenoxy) is 4. The Bertz CT molecular complexity index is 1590. The van der Waals surface area contributed by atoms with E-state index >= 15 is 0 Å². The van der Waals surface area contributed by atoms with Gasteiger partial charge in [0.05, 0.1) is 41.0 Å². The van der Waals surface area contributed by atoms with E-state index in [1.807, 2.05) is 54.6 Å². The zero-order chi connectivity index (χ0) is 28.7. The molecule has 4 aromatic rings. The Balaban J connectivity index is 1.41. The molecule has 3 heterocycles. The lowest BCUT2D eigenvalue weighted by Crippen LogP contribution is -2.63. The summed E-state index contributed by atoms with van der Waals surface area (Å²) in [5.41, 5.74) is 4.74. The highest BCUT2D eigenvalue weighted by molar-refractivity contribution is 5.97. The average Bonchev–Trinajstić information content (AvgIpc) is 3.38. The van der Waals surface area contributed by atoms with Crippen LogP contribution in [0.2, 0.25) is 0 Å². The predicted octanol–water partition coefficient (Wildman–Crippen LogP) is 4.13. The molecule has 2 aliphatic rings. The smallest absolute Gasteiger partial charge is 0.246 e. The van der Waals surface area contributed by atoms with Gasteiger partial charge in [-0.15, -0.1) is 0 Å². The Morgan fingerprint density at radius 2 is 1.59 bits per heavy atom. The third-order valence-electron chi connectivity index (χ3n) is 8.17. The van der Waals surface area contributed by atoms with Crippen molar-refractivity contribution in [2.45, 2.75) is 24.9 Å². The fourth-order valence-electron chi connectivity index (χ4n) is 6.17. The van der Waals surface area contributed by atoms with Gasteiger partial charge in [-0.3, -0.25) is 9.59 Å². The van der Waals surface area contributed by atoms with Gasteiger partial charge in [0.15, 0.2) is 11.5 Å². The lowest BCUT2D eigenvalue weighted by atomic mass is 9.86. The summed E-state index contributed by atoms with van der Waals surface area (Å²) in [5.74, 6) is 2.06. The molecule has 3 aromatic carbocycles. The van der Waals surface area contributed by atoms with Gasteiger partial charge in [0.25, 0.3) is 0 Å². The molecule has 41 heavy (non-hydrogen) atoms. The lowest BCUT2D eigenvalue weighted by molar-refractivity contribution is -0.158. The van der Waals surface area contributed by atoms with Crippen molar-refractivity contribution in [2.24, 2.45) is 0 Å². The van der Waals surface area contributed by atoms with Crippen molar-refractivity contribution in [3.8, 4) is 23.0 Å². The zero-order valence-corrected chi connectivity index (χ0v) is 23.6. The maximum absolute atomic E-state index is 14.1. The normalized spacial score (nSPS) is 18.2. The molecule has 2 aliphatic heterocycles. The topological polar surface area (TPSA) is 93.3 Å². The number of nitrogens with one attached hydrogen (secondary N) is 1. The Morgan fingerprint density at radius 1 is 0.878 bits per heavy atom. The number of carbonyl (C=O) groups is 2. The second-order valence-electron chi connectivity index (χ2n) is 10.3. The van der Waals surface area contributed by atoms with E-state index < -0.39 is 12.1 Å². The second kappa shape index (κ2) is 10.7. The maximum Gasteiger partial charge on any atom is 0.246 e. The van der Waals surface area contributed by atoms with E-state index in [4.69, 9.17) is 18.9 Å². The van der Waals surface area contributed by atoms with Gasteiger partial charge in [0.1, 0.15) is 11.8 Å². The quantitative estimate of drug-likeness (QED) is 0.352. The number of rotatable bonds is 8. The van der Waals surface area contributed by atoms with Crippen LogP contribution < -0.4 is 18.9 Å². The molecule has 2 unspecified atom stereocenters. The molecule has 2 amide bonds. The van der Waals surface area contributed by atoms with Crippen LogP contribution in [0.3, 0.4) is 0 Å². The minimum absolute atomic E-state index is 0.0158. The highest BCUT2D eigenvalue weighted by Gasteiger charge is 2.48. The molecule has 212 valence electrons. The number of piperazine rings is 1. The number of aromatic amines is 1. The number of nitrogens with zero attached hydrogens (tertiary/aromatic N) is 2. The highest BCUT2D eigenvalue weighted by Crippen LogP contribution is 2.47. The molecule has 0 bridgehead atoms. The number of hydrogen-bond donors (Lipinski definition) is 1. The number of fused-ring (bicyclic) bond motifs is 4. The summed E-state index contributed by atoms with van der Waals surface area (Å²) in [6.07, 6.45) is 1.08. The number of hydrogen-bond acceptors (Lipinski definition) is 6. The molecule has 1 aromatic heterocycles. The fourth-order valence-corrected chi connectivity index (χ4v) is 6.17. The van der Waals surface area contributed by atoms with Gasteiger partial charge in [0, 0.05) is 29.6 Å². The molecule has 0 radical (unpaired) electrons. The van der Waals surface area contributed by atoms with Crippen LogP contribution in [0.25, 0.3) is 10.9 Å². The van der Waals surface area contributed by atoms with Crippen LogP contribution in [0.4, 0.5) is 0 Å². The van der Waals surface area contributed by atoms with Gasteiger partial charge in [0.2, 0.25) is 17.6 Å². The van der Waals surface area contributed by atoms with Gasteiger partial charge in [-0.2, -0.15) is 0 Å². The molecule has 6 rings (SSSR count). The highest BCUT2D eigenvalue weighted by atomic mass is 16.5. The minimum Gasteiger partial charge on any atom is -0.497 e. The SMILES string of the molecule is COc1ccc(CCN2CC(=O)N3C(Cc4c([nH]c5ccccc45)C3c3cc(OC)c(OC)c(OC)c3)C2=O)cc1. The number of benzene rings is 3. The van der Waals surface area contributed by atoms with E-state index in [0.717, 1.165) is 39.0 Å². The monoisotopic (exact) mass is 555 g/mol. The predicted molar refractivity (Wildman–Crippen MR) is 154 cm³/mol. The first-order valence-corrected chi connectivity index (χ1v) is 13.6. The molecule has 1 fully saturated rings. The number of para-hydroxylation sites is 1. The van der Waals surface area contributed by atoms with Crippen molar-refractivity contribution >= 4 is 22.7 Å². The number of amides is 2. The Kier molecular flexibility index (Phi) is 6.95. The molecular weight excluding hydrogens is 522 g/mol. The fraction of sp³-hybridized carbons (Fsp3) is 0.312. The van der Waals surface area contributed by atoms with Gasteiger partial charge in [-0.1, -0.05) is 30.3 Å². The van der Waals surface area contributed by atoms with Crippen molar-refractivity contribution in [3.63, 3.8) is 0 Å². The van der Waals surface area contributed by atoms with Gasteiger partial charge in [-0.05, 0) is 53.4 Å². The number of aromatic nitrogens is 1. The van der Waals surface area contributed by atoms with Gasteiger partial charge in [-0.25, -0.2) is 0 Å². The number of carbonyl (C=O) groups excluding carboxylic acids is 2. The second-order valence-corrected chi connectivity index (χ2v) is 10.3. The van der Waals surface area contributed by atoms with Crippen molar-refractivity contribution in [1.82, 2.24) is 14.8 Å². The first kappa shape index (κ1) is 26.6. The van der Waals surface area contributed by atoms with Gasteiger partial charge >= 0.3 is 0 Å². The Morgan fingerprint density at radius 3 is 2.24 bits per heavy atom. The summed E-state index contributed by atoms with van der Waals surface area (Å²) in [7, 11) is 6.32. The number of methoxy groups -OCH3 is 4. The van der Waals surface area contributed by atoms with Gasteiger partial charge < -0.3 is 33.7 Å². The minimum atomic E-state index is -0.636. The molecule has 9 nitrogen and oxygen atoms in total. The molecule has 0 saturated carbocycles. The van der Waals surface area contributed by atoms with Crippen molar-refractivity contribution < 1.29 is 28.5 Å². The van der Waals surface area contributed by atoms with E-state index in [2.05, 4.69) is 11.1 Å². The van der Waals surface area contributed by atoms with Crippen LogP contribution in [-0.2, 0) is 22.4 Å². The van der Waals surface area contributed by atoms with Crippen LogP contribution in [0.15, 0.2) is 60.7 Å². The maximum atomic E-state index is 14.1. The van der Waals surface area contributed by atoms with Crippen molar-refractivity contribution in [1.29, 1.82) is 0 Å². The summed E-state index contributed by atoms with van der Waals surface area (Å²) >= 11 is 0. The van der Waals surface area contributed by atoms with E-state index in [1.54, 1.807) is 38.2 Å². The third-order valence-corrected chi connectivity index (χ3v) is 8.17. The largest absolute Gasteiger partial charge is 0.497 e. The number of H-pyrrole nitrogens is 1. The van der Waals surface area contributed by atoms with E-state index in [0.29, 0.717) is 36.6 Å². The van der Waals surface area contributed by atoms with Crippen LogP contribution >= 0.6 is 0 Å². The Labute approximate surface area is 238 Å². The van der Waals surface area contributed by atoms with Crippen molar-refractivity contribution in [2.75, 3.05) is 41.5 Å². The first-order valence-electron chi connectivity index (χ1n) is 13.6. The molecule has 9 heteroatoms. The molecule has 0 spiro atoms. The summed E-state index contributed by atoms with van der Waals surface area (Å²) in [4.78, 5) is 35.0. The van der Waals surface area contributed by atoms with E-state index in [9.17, 15) is 9.59 Å². The summed E-state index contributed by atoms with van der Waals surface area (Å²) in [6.45, 7) is 0.471. The molecular formula is C32H33N3O6. The zero-order valence-electron chi connectivity index (χ0n) is 23.6. The average molecular weight is 556 g/mol. The Hall–Kier alpha value is -4.66. The summed E-state index contributed by atoms with van der Waals surface area (Å²) < 4.78 is 22.1. The molecule has 1 N–H and O–H groups in total. The van der Waals surface area contributed by atoms with Crippen LogP contribution in [0.5, 0.6) is 23.0 Å². The van der Waals surface area contributed by atoms with Crippen LogP contribution in [0, 0.1) is 0 Å². The third kappa shape index (κ3) is 4.51. The summed E-state index contributed by atoms with van der Waals surface area (Å²) in [5, 5.41) is 1.05. The molecule has 0 aliphatic carbocycles. The first-order chi connectivity index (χ1) is 20.0. The molecule has 2 atom stereocenters. The standard InChI is InChI=1S/C32H33N3O6/c1-38-21-11-9-19(10-12-21)13-14-34-18-28(36)35-25(32(34)37)17-23-22-7-5-6-8-24(22)33-29(23)30(35)20-15-26(39-2)31(41-4)27(16-20)40-3/h5-12,15-16,25,30,33H,13-14,17-18H2,1-4H3.